The van der Waals surface area contributed by atoms with E-state index in [0.29, 0.717) is 17.4 Å². The Hall–Kier alpha value is -1.84. The maximum absolute atomic E-state index is 12.0. The van der Waals surface area contributed by atoms with E-state index in [-0.39, 0.29) is 11.9 Å². The number of carbonyl (C=O) groups excluding carboxylic acids is 2. The summed E-state index contributed by atoms with van der Waals surface area (Å²) in [5.74, 6) is 0.0439. The molecule has 19 heavy (non-hydrogen) atoms. The first-order valence-corrected chi connectivity index (χ1v) is 6.74. The summed E-state index contributed by atoms with van der Waals surface area (Å²) in [7, 11) is 0. The number of hydrogen-bond acceptors (Lipinski definition) is 3. The van der Waals surface area contributed by atoms with Crippen molar-refractivity contribution < 1.29 is 14.3 Å². The van der Waals surface area contributed by atoms with Crippen LogP contribution >= 0.6 is 0 Å². The van der Waals surface area contributed by atoms with Gasteiger partial charge in [0.05, 0.1) is 0 Å². The van der Waals surface area contributed by atoms with E-state index in [1.165, 1.54) is 26.2 Å². The van der Waals surface area contributed by atoms with Gasteiger partial charge in [0.15, 0.2) is 0 Å². The molecular formula is C15H19NO3. The molecule has 2 rings (SSSR count). The number of hydrogen-bond donors (Lipinski definition) is 1. The van der Waals surface area contributed by atoms with Crippen LogP contribution in [0.25, 0.3) is 0 Å². The van der Waals surface area contributed by atoms with E-state index in [1.807, 2.05) is 0 Å². The van der Waals surface area contributed by atoms with E-state index in [4.69, 9.17) is 4.74 Å². The lowest BCUT2D eigenvalue weighted by Gasteiger charge is -2.22. The first kappa shape index (κ1) is 13.6. The highest BCUT2D eigenvalue weighted by Crippen LogP contribution is 2.18. The van der Waals surface area contributed by atoms with Crippen LogP contribution in [0.2, 0.25) is 0 Å². The smallest absolute Gasteiger partial charge is 0.308 e. The second kappa shape index (κ2) is 6.36. The maximum Gasteiger partial charge on any atom is 0.308 e. The predicted molar refractivity (Wildman–Crippen MR) is 72.1 cm³/mol. The molecule has 1 aliphatic rings. The molecule has 4 nitrogen and oxygen atoms in total. The SMILES string of the molecule is CC(=O)Oc1ccc(C(=O)NC2CCCCC2)cc1. The third kappa shape index (κ3) is 4.09. The highest BCUT2D eigenvalue weighted by Gasteiger charge is 2.16. The van der Waals surface area contributed by atoms with Crippen LogP contribution in [-0.2, 0) is 4.79 Å². The highest BCUT2D eigenvalue weighted by molar-refractivity contribution is 5.94. The van der Waals surface area contributed by atoms with Gasteiger partial charge in [-0.05, 0) is 37.1 Å². The molecule has 0 aromatic heterocycles. The molecule has 1 aliphatic carbocycles. The van der Waals surface area contributed by atoms with Crippen LogP contribution in [0, 0.1) is 0 Å². The van der Waals surface area contributed by atoms with Crippen molar-refractivity contribution in [2.24, 2.45) is 0 Å². The molecule has 4 heteroatoms. The largest absolute Gasteiger partial charge is 0.427 e. The number of ether oxygens (including phenoxy) is 1. The van der Waals surface area contributed by atoms with Crippen LogP contribution in [0.15, 0.2) is 24.3 Å². The molecule has 0 atom stereocenters. The van der Waals surface area contributed by atoms with Gasteiger partial charge in [-0.3, -0.25) is 9.59 Å². The molecule has 0 bridgehead atoms. The topological polar surface area (TPSA) is 55.4 Å². The molecule has 1 aromatic carbocycles. The first-order chi connectivity index (χ1) is 9.15. The van der Waals surface area contributed by atoms with Gasteiger partial charge in [0.1, 0.15) is 5.75 Å². The van der Waals surface area contributed by atoms with Crippen molar-refractivity contribution in [2.45, 2.75) is 45.1 Å². The molecule has 1 aromatic rings. The predicted octanol–water partition coefficient (Wildman–Crippen LogP) is 2.67. The van der Waals surface area contributed by atoms with E-state index >= 15 is 0 Å². The molecule has 1 amide bonds. The zero-order valence-corrected chi connectivity index (χ0v) is 11.1. The fourth-order valence-electron chi connectivity index (χ4n) is 2.36. The minimum absolute atomic E-state index is 0.0544. The van der Waals surface area contributed by atoms with Crippen molar-refractivity contribution >= 4 is 11.9 Å². The Balaban J connectivity index is 1.93. The van der Waals surface area contributed by atoms with Gasteiger partial charge >= 0.3 is 5.97 Å². The molecule has 0 radical (unpaired) electrons. The van der Waals surface area contributed by atoms with E-state index in [1.54, 1.807) is 24.3 Å². The van der Waals surface area contributed by atoms with Crippen molar-refractivity contribution in [3.05, 3.63) is 29.8 Å². The average molecular weight is 261 g/mol. The molecule has 1 N–H and O–H groups in total. The molecule has 0 aliphatic heterocycles. The molecule has 0 heterocycles. The number of nitrogens with one attached hydrogen (secondary N) is 1. The maximum atomic E-state index is 12.0. The molecule has 1 saturated carbocycles. The van der Waals surface area contributed by atoms with Crippen molar-refractivity contribution in [2.75, 3.05) is 0 Å². The summed E-state index contributed by atoms with van der Waals surface area (Å²) in [4.78, 5) is 22.8. The zero-order valence-electron chi connectivity index (χ0n) is 11.1. The normalized spacial score (nSPS) is 15.8. The van der Waals surface area contributed by atoms with Crippen LogP contribution in [0.4, 0.5) is 0 Å². The molecule has 0 unspecified atom stereocenters. The van der Waals surface area contributed by atoms with Crippen LogP contribution in [0.5, 0.6) is 5.75 Å². The number of esters is 1. The van der Waals surface area contributed by atoms with Gasteiger partial charge < -0.3 is 10.1 Å². The van der Waals surface area contributed by atoms with Gasteiger partial charge in [0.2, 0.25) is 0 Å². The summed E-state index contributed by atoms with van der Waals surface area (Å²) in [6.45, 7) is 1.35. The van der Waals surface area contributed by atoms with Gasteiger partial charge in [-0.1, -0.05) is 19.3 Å². The molecular weight excluding hydrogens is 242 g/mol. The summed E-state index contributed by atoms with van der Waals surface area (Å²) in [6.07, 6.45) is 5.78. The molecule has 0 spiro atoms. The zero-order chi connectivity index (χ0) is 13.7. The summed E-state index contributed by atoms with van der Waals surface area (Å²) in [6, 6.07) is 6.93. The Morgan fingerprint density at radius 2 is 1.74 bits per heavy atom. The minimum atomic E-state index is -0.362. The lowest BCUT2D eigenvalue weighted by atomic mass is 9.95. The Morgan fingerprint density at radius 1 is 1.11 bits per heavy atom. The first-order valence-electron chi connectivity index (χ1n) is 6.74. The van der Waals surface area contributed by atoms with E-state index in [9.17, 15) is 9.59 Å². The summed E-state index contributed by atoms with van der Waals surface area (Å²) in [5.41, 5.74) is 0.599. The second-order valence-electron chi connectivity index (χ2n) is 4.93. The fraction of sp³-hybridized carbons (Fsp3) is 0.467. The van der Waals surface area contributed by atoms with Crippen molar-refractivity contribution in [3.8, 4) is 5.75 Å². The Morgan fingerprint density at radius 3 is 2.32 bits per heavy atom. The van der Waals surface area contributed by atoms with Gasteiger partial charge in [0, 0.05) is 18.5 Å². The molecule has 102 valence electrons. The summed E-state index contributed by atoms with van der Waals surface area (Å²) in [5, 5.41) is 3.05. The Labute approximate surface area is 113 Å². The number of amides is 1. The van der Waals surface area contributed by atoms with E-state index < -0.39 is 0 Å². The fourth-order valence-corrected chi connectivity index (χ4v) is 2.36. The summed E-state index contributed by atoms with van der Waals surface area (Å²) < 4.78 is 4.93. The van der Waals surface area contributed by atoms with Crippen LogP contribution in [0.3, 0.4) is 0 Å². The van der Waals surface area contributed by atoms with Crippen molar-refractivity contribution in [1.29, 1.82) is 0 Å². The lowest BCUT2D eigenvalue weighted by Crippen LogP contribution is -2.36. The monoisotopic (exact) mass is 261 g/mol. The average Bonchev–Trinajstić information content (AvgIpc) is 2.40. The third-order valence-corrected chi connectivity index (χ3v) is 3.32. The van der Waals surface area contributed by atoms with Gasteiger partial charge in [-0.25, -0.2) is 0 Å². The summed E-state index contributed by atoms with van der Waals surface area (Å²) >= 11 is 0. The Kier molecular flexibility index (Phi) is 4.55. The van der Waals surface area contributed by atoms with Crippen LogP contribution < -0.4 is 10.1 Å². The lowest BCUT2D eigenvalue weighted by molar-refractivity contribution is -0.131. The van der Waals surface area contributed by atoms with E-state index in [0.717, 1.165) is 12.8 Å². The van der Waals surface area contributed by atoms with Gasteiger partial charge in [-0.15, -0.1) is 0 Å². The van der Waals surface area contributed by atoms with Gasteiger partial charge in [0.25, 0.3) is 5.91 Å². The Bertz CT molecular complexity index is 447. The number of benzene rings is 1. The second-order valence-corrected chi connectivity index (χ2v) is 4.93. The molecule has 1 fully saturated rings. The third-order valence-electron chi connectivity index (χ3n) is 3.32. The van der Waals surface area contributed by atoms with Crippen molar-refractivity contribution in [1.82, 2.24) is 5.32 Å². The number of carbonyl (C=O) groups is 2. The minimum Gasteiger partial charge on any atom is -0.427 e. The highest BCUT2D eigenvalue weighted by atomic mass is 16.5. The van der Waals surface area contributed by atoms with Crippen molar-refractivity contribution in [3.63, 3.8) is 0 Å². The number of rotatable bonds is 3. The van der Waals surface area contributed by atoms with Crippen LogP contribution in [-0.4, -0.2) is 17.9 Å². The van der Waals surface area contributed by atoms with E-state index in [2.05, 4.69) is 5.32 Å². The molecule has 0 saturated heterocycles. The van der Waals surface area contributed by atoms with Gasteiger partial charge in [-0.2, -0.15) is 0 Å². The quantitative estimate of drug-likeness (QED) is 0.672. The standard InChI is InChI=1S/C15H19NO3/c1-11(17)19-14-9-7-12(8-10-14)15(18)16-13-5-3-2-4-6-13/h7-10,13H,2-6H2,1H3,(H,16,18). The van der Waals surface area contributed by atoms with Crippen LogP contribution in [0.1, 0.15) is 49.4 Å².